The Kier molecular flexibility index (Phi) is 6.52. The zero-order chi connectivity index (χ0) is 14.3. The largest absolute Gasteiger partial charge is 0.368 e. The summed E-state index contributed by atoms with van der Waals surface area (Å²) in [5.41, 5.74) is 5.34. The van der Waals surface area contributed by atoms with E-state index in [1.165, 1.54) is 0 Å². The molecular formula is C13H21N3O2S. The molecule has 1 rings (SSSR count). The molecular weight excluding hydrogens is 262 g/mol. The molecule has 1 aromatic heterocycles. The molecule has 0 radical (unpaired) electrons. The van der Waals surface area contributed by atoms with E-state index >= 15 is 0 Å². The van der Waals surface area contributed by atoms with Crippen LogP contribution in [0.1, 0.15) is 25.1 Å². The van der Waals surface area contributed by atoms with Gasteiger partial charge in [0, 0.05) is 24.5 Å². The minimum atomic E-state index is -0.616. The number of rotatable bonds is 8. The summed E-state index contributed by atoms with van der Waals surface area (Å²) in [5, 5.41) is 5.01. The summed E-state index contributed by atoms with van der Waals surface area (Å²) >= 11 is 1.60. The molecule has 0 aliphatic carbocycles. The van der Waals surface area contributed by atoms with Crippen LogP contribution in [0.15, 0.2) is 17.5 Å². The molecule has 0 bridgehead atoms. The first-order valence-electron chi connectivity index (χ1n) is 6.41. The first-order chi connectivity index (χ1) is 9.08. The number of hydrogen-bond acceptors (Lipinski definition) is 4. The first-order valence-corrected chi connectivity index (χ1v) is 7.29. The number of carbonyl (C=O) groups excluding carboxylic acids is 2. The van der Waals surface area contributed by atoms with Crippen LogP contribution in [0.2, 0.25) is 0 Å². The van der Waals surface area contributed by atoms with E-state index in [1.807, 2.05) is 31.4 Å². The summed E-state index contributed by atoms with van der Waals surface area (Å²) < 4.78 is 0. The van der Waals surface area contributed by atoms with E-state index < -0.39 is 11.9 Å². The lowest BCUT2D eigenvalue weighted by molar-refractivity contribution is -0.134. The standard InChI is InChI=1S/C13H21N3O2S/c1-3-16(4-2)12(17)8-11(13(14)18)15-9-10-6-5-7-19-10/h5-7,11,15H,3-4,8-9H2,1-2H3,(H2,14,18). The summed E-state index contributed by atoms with van der Waals surface area (Å²) in [4.78, 5) is 26.2. The predicted octanol–water partition coefficient (Wildman–Crippen LogP) is 0.950. The van der Waals surface area contributed by atoms with Gasteiger partial charge >= 0.3 is 0 Å². The van der Waals surface area contributed by atoms with Crippen molar-refractivity contribution in [3.8, 4) is 0 Å². The maximum atomic E-state index is 12.0. The van der Waals surface area contributed by atoms with Gasteiger partial charge in [-0.2, -0.15) is 0 Å². The fourth-order valence-corrected chi connectivity index (χ4v) is 2.45. The van der Waals surface area contributed by atoms with Crippen LogP contribution in [-0.2, 0) is 16.1 Å². The molecule has 3 N–H and O–H groups in total. The fourth-order valence-electron chi connectivity index (χ4n) is 1.79. The third-order valence-corrected chi connectivity index (χ3v) is 3.82. The molecule has 6 heteroatoms. The van der Waals surface area contributed by atoms with Crippen molar-refractivity contribution in [2.75, 3.05) is 13.1 Å². The van der Waals surface area contributed by atoms with Crippen molar-refractivity contribution < 1.29 is 9.59 Å². The van der Waals surface area contributed by atoms with Gasteiger partial charge in [0.05, 0.1) is 12.5 Å². The topological polar surface area (TPSA) is 75.4 Å². The Morgan fingerprint density at radius 1 is 1.42 bits per heavy atom. The number of hydrogen-bond donors (Lipinski definition) is 2. The average Bonchev–Trinajstić information content (AvgIpc) is 2.88. The molecule has 0 aliphatic heterocycles. The highest BCUT2D eigenvalue weighted by molar-refractivity contribution is 7.09. The molecule has 1 atom stereocenters. The van der Waals surface area contributed by atoms with Crippen molar-refractivity contribution in [1.82, 2.24) is 10.2 Å². The van der Waals surface area contributed by atoms with E-state index in [0.29, 0.717) is 19.6 Å². The smallest absolute Gasteiger partial charge is 0.235 e. The van der Waals surface area contributed by atoms with Gasteiger partial charge in [-0.25, -0.2) is 0 Å². The second kappa shape index (κ2) is 7.91. The van der Waals surface area contributed by atoms with E-state index in [1.54, 1.807) is 16.2 Å². The van der Waals surface area contributed by atoms with Crippen LogP contribution in [0.25, 0.3) is 0 Å². The highest BCUT2D eigenvalue weighted by atomic mass is 32.1. The quantitative estimate of drug-likeness (QED) is 0.746. The number of primary amides is 1. The minimum Gasteiger partial charge on any atom is -0.368 e. The van der Waals surface area contributed by atoms with Gasteiger partial charge in [-0.05, 0) is 25.3 Å². The van der Waals surface area contributed by atoms with E-state index in [2.05, 4.69) is 5.32 Å². The van der Waals surface area contributed by atoms with Crippen molar-refractivity contribution in [1.29, 1.82) is 0 Å². The van der Waals surface area contributed by atoms with Gasteiger partial charge in [0.1, 0.15) is 0 Å². The molecule has 19 heavy (non-hydrogen) atoms. The molecule has 1 heterocycles. The van der Waals surface area contributed by atoms with Crippen molar-refractivity contribution in [2.24, 2.45) is 5.73 Å². The Hall–Kier alpha value is -1.40. The van der Waals surface area contributed by atoms with E-state index in [-0.39, 0.29) is 12.3 Å². The van der Waals surface area contributed by atoms with Crippen molar-refractivity contribution in [3.63, 3.8) is 0 Å². The Balaban J connectivity index is 2.53. The number of nitrogens with zero attached hydrogens (tertiary/aromatic N) is 1. The second-order valence-electron chi connectivity index (χ2n) is 4.19. The average molecular weight is 283 g/mol. The molecule has 0 spiro atoms. The highest BCUT2D eigenvalue weighted by Crippen LogP contribution is 2.08. The molecule has 0 fully saturated rings. The van der Waals surface area contributed by atoms with Gasteiger partial charge in [-0.15, -0.1) is 11.3 Å². The second-order valence-corrected chi connectivity index (χ2v) is 5.22. The summed E-state index contributed by atoms with van der Waals surface area (Å²) in [7, 11) is 0. The Morgan fingerprint density at radius 3 is 2.58 bits per heavy atom. The van der Waals surface area contributed by atoms with Crippen LogP contribution in [-0.4, -0.2) is 35.8 Å². The Bertz CT molecular complexity index is 402. The zero-order valence-electron chi connectivity index (χ0n) is 11.4. The molecule has 0 saturated carbocycles. The number of nitrogens with two attached hydrogens (primary N) is 1. The van der Waals surface area contributed by atoms with E-state index in [4.69, 9.17) is 5.73 Å². The van der Waals surface area contributed by atoms with Crippen LogP contribution >= 0.6 is 11.3 Å². The molecule has 1 unspecified atom stereocenters. The normalized spacial score (nSPS) is 12.1. The SMILES string of the molecule is CCN(CC)C(=O)CC(NCc1cccs1)C(N)=O. The first kappa shape index (κ1) is 15.7. The van der Waals surface area contributed by atoms with Gasteiger partial charge in [0.2, 0.25) is 11.8 Å². The van der Waals surface area contributed by atoms with Gasteiger partial charge in [-0.1, -0.05) is 6.07 Å². The van der Waals surface area contributed by atoms with Gasteiger partial charge in [-0.3, -0.25) is 9.59 Å². The molecule has 0 aromatic carbocycles. The van der Waals surface area contributed by atoms with Gasteiger partial charge in [0.15, 0.2) is 0 Å². The third kappa shape index (κ3) is 5.00. The molecule has 0 saturated heterocycles. The van der Waals surface area contributed by atoms with Crippen LogP contribution in [0.3, 0.4) is 0 Å². The van der Waals surface area contributed by atoms with Crippen LogP contribution in [0.5, 0.6) is 0 Å². The van der Waals surface area contributed by atoms with Crippen molar-refractivity contribution in [2.45, 2.75) is 32.9 Å². The third-order valence-electron chi connectivity index (χ3n) is 2.94. The number of nitrogens with one attached hydrogen (secondary N) is 1. The molecule has 1 aromatic rings. The summed E-state index contributed by atoms with van der Waals surface area (Å²) in [6, 6.07) is 3.31. The van der Waals surface area contributed by atoms with Crippen LogP contribution in [0, 0.1) is 0 Å². The minimum absolute atomic E-state index is 0.0486. The molecule has 106 valence electrons. The lowest BCUT2D eigenvalue weighted by atomic mass is 10.1. The summed E-state index contributed by atoms with van der Waals surface area (Å²) in [6.07, 6.45) is 0.113. The number of amides is 2. The van der Waals surface area contributed by atoms with Crippen molar-refractivity contribution in [3.05, 3.63) is 22.4 Å². The molecule has 2 amide bonds. The number of carbonyl (C=O) groups is 2. The highest BCUT2D eigenvalue weighted by Gasteiger charge is 2.21. The van der Waals surface area contributed by atoms with Crippen LogP contribution in [0.4, 0.5) is 0 Å². The Labute approximate surface area is 117 Å². The van der Waals surface area contributed by atoms with Crippen molar-refractivity contribution >= 4 is 23.2 Å². The lowest BCUT2D eigenvalue weighted by Crippen LogP contribution is -2.45. The maximum absolute atomic E-state index is 12.0. The summed E-state index contributed by atoms with van der Waals surface area (Å²) in [5.74, 6) is -0.537. The monoisotopic (exact) mass is 283 g/mol. The van der Waals surface area contributed by atoms with Crippen LogP contribution < -0.4 is 11.1 Å². The number of thiophene rings is 1. The lowest BCUT2D eigenvalue weighted by Gasteiger charge is -2.21. The molecule has 5 nitrogen and oxygen atoms in total. The zero-order valence-corrected chi connectivity index (χ0v) is 12.2. The van der Waals surface area contributed by atoms with Gasteiger partial charge < -0.3 is 16.0 Å². The molecule has 0 aliphatic rings. The maximum Gasteiger partial charge on any atom is 0.235 e. The predicted molar refractivity (Wildman–Crippen MR) is 76.7 cm³/mol. The summed E-state index contributed by atoms with van der Waals surface area (Å²) in [6.45, 7) is 5.67. The van der Waals surface area contributed by atoms with Gasteiger partial charge in [0.25, 0.3) is 0 Å². The van der Waals surface area contributed by atoms with E-state index in [9.17, 15) is 9.59 Å². The van der Waals surface area contributed by atoms with E-state index in [0.717, 1.165) is 4.88 Å². The Morgan fingerprint density at radius 2 is 2.11 bits per heavy atom. The fraction of sp³-hybridized carbons (Fsp3) is 0.538.